The fourth-order valence-corrected chi connectivity index (χ4v) is 0.898. The second-order valence-corrected chi connectivity index (χ2v) is 2.67. The highest BCUT2D eigenvalue weighted by Crippen LogP contribution is 2.06. The Kier molecular flexibility index (Phi) is 6.61. The van der Waals surface area contributed by atoms with Gasteiger partial charge in [0.25, 0.3) is 0 Å². The highest BCUT2D eigenvalue weighted by atomic mass is 16.2. The first-order valence-corrected chi connectivity index (χ1v) is 4.05. The van der Waals surface area contributed by atoms with Gasteiger partial charge in [0.2, 0.25) is 0 Å². The first-order valence-electron chi connectivity index (χ1n) is 4.05. The minimum atomic E-state index is -0.0576. The average molecular weight is 141 g/mol. The molecule has 0 aromatic carbocycles. The predicted molar refractivity (Wildman–Crippen MR) is 43.5 cm³/mol. The van der Waals surface area contributed by atoms with Gasteiger partial charge in [-0.1, -0.05) is 31.4 Å². The van der Waals surface area contributed by atoms with E-state index in [-0.39, 0.29) is 6.61 Å². The minimum absolute atomic E-state index is 0.0576. The standard InChI is InChI=1S/C9H17O/c1-3-4-5-6-9(2)7-8-10/h7H,3-6,8H2,1-2H3/b9-7+. The maximum atomic E-state index is 10.1. The molecule has 0 aliphatic carbocycles. The number of unbranched alkanes of at least 4 members (excludes halogenated alkanes) is 2. The quantitative estimate of drug-likeness (QED) is 0.414. The lowest BCUT2D eigenvalue weighted by molar-refractivity contribution is 0.231. The zero-order valence-corrected chi connectivity index (χ0v) is 7.02. The molecule has 59 valence electrons. The van der Waals surface area contributed by atoms with Crippen molar-refractivity contribution in [2.75, 3.05) is 6.61 Å². The van der Waals surface area contributed by atoms with Gasteiger partial charge in [0.05, 0.1) is 0 Å². The third-order valence-corrected chi connectivity index (χ3v) is 1.61. The van der Waals surface area contributed by atoms with Gasteiger partial charge in [-0.25, -0.2) is 5.11 Å². The highest BCUT2D eigenvalue weighted by Gasteiger charge is 1.88. The second-order valence-electron chi connectivity index (χ2n) is 2.67. The van der Waals surface area contributed by atoms with E-state index in [0.29, 0.717) is 0 Å². The number of rotatable bonds is 5. The van der Waals surface area contributed by atoms with E-state index in [4.69, 9.17) is 0 Å². The predicted octanol–water partition coefficient (Wildman–Crippen LogP) is 2.94. The minimum Gasteiger partial charge on any atom is -0.232 e. The molecule has 0 atom stereocenters. The average Bonchev–Trinajstić information content (AvgIpc) is 1.89. The lowest BCUT2D eigenvalue weighted by Crippen LogP contribution is -1.80. The number of hydrogen-bond acceptors (Lipinski definition) is 0. The molecular weight excluding hydrogens is 124 g/mol. The van der Waals surface area contributed by atoms with E-state index in [9.17, 15) is 5.11 Å². The van der Waals surface area contributed by atoms with Gasteiger partial charge in [-0.15, -0.1) is 0 Å². The van der Waals surface area contributed by atoms with E-state index < -0.39 is 0 Å². The van der Waals surface area contributed by atoms with Gasteiger partial charge in [0.1, 0.15) is 6.61 Å². The summed E-state index contributed by atoms with van der Waals surface area (Å²) >= 11 is 0. The first-order chi connectivity index (χ1) is 4.81. The van der Waals surface area contributed by atoms with Crippen LogP contribution in [0, 0.1) is 0 Å². The van der Waals surface area contributed by atoms with Gasteiger partial charge in [-0.3, -0.25) is 0 Å². The Morgan fingerprint density at radius 3 is 2.60 bits per heavy atom. The van der Waals surface area contributed by atoms with Crippen LogP contribution in [-0.4, -0.2) is 6.61 Å². The molecule has 1 heteroatoms. The third-order valence-electron chi connectivity index (χ3n) is 1.61. The number of allylic oxidation sites excluding steroid dienone is 1. The molecule has 0 saturated carbocycles. The van der Waals surface area contributed by atoms with Crippen LogP contribution in [0.5, 0.6) is 0 Å². The van der Waals surface area contributed by atoms with Crippen molar-refractivity contribution in [3.8, 4) is 0 Å². The van der Waals surface area contributed by atoms with Gasteiger partial charge >= 0.3 is 0 Å². The molecule has 0 fully saturated rings. The van der Waals surface area contributed by atoms with E-state index in [1.165, 1.54) is 24.8 Å². The summed E-state index contributed by atoms with van der Waals surface area (Å²) in [5, 5.41) is 10.1. The Balaban J connectivity index is 3.21. The zero-order valence-electron chi connectivity index (χ0n) is 7.02. The Bertz CT molecular complexity index is 94.9. The summed E-state index contributed by atoms with van der Waals surface area (Å²) in [7, 11) is 0. The van der Waals surface area contributed by atoms with Crippen molar-refractivity contribution in [1.82, 2.24) is 0 Å². The lowest BCUT2D eigenvalue weighted by Gasteiger charge is -1.97. The van der Waals surface area contributed by atoms with Gasteiger partial charge in [-0.2, -0.15) is 0 Å². The van der Waals surface area contributed by atoms with Crippen molar-refractivity contribution >= 4 is 0 Å². The SMILES string of the molecule is CCCCC/C(C)=C/C[O]. The molecule has 10 heavy (non-hydrogen) atoms. The molecule has 0 aromatic rings. The summed E-state index contributed by atoms with van der Waals surface area (Å²) < 4.78 is 0. The smallest absolute Gasteiger partial charge is 0.101 e. The van der Waals surface area contributed by atoms with Gasteiger partial charge < -0.3 is 0 Å². The first kappa shape index (κ1) is 9.70. The summed E-state index contributed by atoms with van der Waals surface area (Å²) in [5.74, 6) is 0. The lowest BCUT2D eigenvalue weighted by atomic mass is 10.1. The van der Waals surface area contributed by atoms with Crippen LogP contribution >= 0.6 is 0 Å². The van der Waals surface area contributed by atoms with Crippen molar-refractivity contribution in [2.45, 2.75) is 39.5 Å². The van der Waals surface area contributed by atoms with E-state index in [0.717, 1.165) is 6.42 Å². The summed E-state index contributed by atoms with van der Waals surface area (Å²) in [6.45, 7) is 4.16. The largest absolute Gasteiger partial charge is 0.232 e. The van der Waals surface area contributed by atoms with Crippen LogP contribution < -0.4 is 0 Å². The molecule has 0 heterocycles. The molecular formula is C9H17O. The van der Waals surface area contributed by atoms with Crippen LogP contribution in [0.3, 0.4) is 0 Å². The molecule has 0 unspecified atom stereocenters. The van der Waals surface area contributed by atoms with Gasteiger partial charge in [0, 0.05) is 0 Å². The molecule has 0 N–H and O–H groups in total. The van der Waals surface area contributed by atoms with Crippen LogP contribution in [-0.2, 0) is 5.11 Å². The molecule has 0 aliphatic heterocycles. The second kappa shape index (κ2) is 6.81. The van der Waals surface area contributed by atoms with Crippen LogP contribution in [0.1, 0.15) is 39.5 Å². The van der Waals surface area contributed by atoms with E-state index >= 15 is 0 Å². The molecule has 1 radical (unpaired) electrons. The molecule has 0 aromatic heterocycles. The molecule has 0 aliphatic rings. The zero-order chi connectivity index (χ0) is 7.82. The van der Waals surface area contributed by atoms with Crippen molar-refractivity contribution < 1.29 is 5.11 Å². The topological polar surface area (TPSA) is 19.9 Å². The van der Waals surface area contributed by atoms with E-state index in [2.05, 4.69) is 6.92 Å². The third kappa shape index (κ3) is 5.83. The van der Waals surface area contributed by atoms with Crippen LogP contribution in [0.2, 0.25) is 0 Å². The van der Waals surface area contributed by atoms with Crippen LogP contribution in [0.15, 0.2) is 11.6 Å². The summed E-state index contributed by atoms with van der Waals surface area (Å²) in [4.78, 5) is 0. The van der Waals surface area contributed by atoms with Crippen molar-refractivity contribution in [1.29, 1.82) is 0 Å². The molecule has 0 bridgehead atoms. The van der Waals surface area contributed by atoms with Gasteiger partial charge in [0.15, 0.2) is 0 Å². The summed E-state index contributed by atoms with van der Waals surface area (Å²) in [6.07, 6.45) is 6.65. The Morgan fingerprint density at radius 2 is 2.10 bits per heavy atom. The van der Waals surface area contributed by atoms with Crippen LogP contribution in [0.4, 0.5) is 0 Å². The molecule has 0 rings (SSSR count). The highest BCUT2D eigenvalue weighted by molar-refractivity contribution is 4.97. The van der Waals surface area contributed by atoms with Gasteiger partial charge in [-0.05, 0) is 19.8 Å². The maximum Gasteiger partial charge on any atom is 0.101 e. The fourth-order valence-electron chi connectivity index (χ4n) is 0.898. The molecule has 1 nitrogen and oxygen atoms in total. The normalized spacial score (nSPS) is 12.1. The van der Waals surface area contributed by atoms with Crippen LogP contribution in [0.25, 0.3) is 0 Å². The maximum absolute atomic E-state index is 10.1. The Morgan fingerprint density at radius 1 is 1.40 bits per heavy atom. The number of hydrogen-bond donors (Lipinski definition) is 0. The van der Waals surface area contributed by atoms with E-state index in [1.54, 1.807) is 6.08 Å². The summed E-state index contributed by atoms with van der Waals surface area (Å²) in [5.41, 5.74) is 1.25. The summed E-state index contributed by atoms with van der Waals surface area (Å²) in [6, 6.07) is 0. The van der Waals surface area contributed by atoms with Crippen molar-refractivity contribution in [3.05, 3.63) is 11.6 Å². The fraction of sp³-hybridized carbons (Fsp3) is 0.778. The molecule has 0 spiro atoms. The van der Waals surface area contributed by atoms with Crippen molar-refractivity contribution in [3.63, 3.8) is 0 Å². The molecule has 0 amide bonds. The Labute approximate surface area is 63.8 Å². The molecule has 0 saturated heterocycles. The van der Waals surface area contributed by atoms with Crippen molar-refractivity contribution in [2.24, 2.45) is 0 Å². The monoisotopic (exact) mass is 141 g/mol. The Hall–Kier alpha value is -0.300. The van der Waals surface area contributed by atoms with E-state index in [1.807, 2.05) is 6.92 Å².